The van der Waals surface area contributed by atoms with Crippen molar-refractivity contribution in [2.75, 3.05) is 13.2 Å². The second-order valence-corrected chi connectivity index (χ2v) is 6.70. The molecule has 0 spiro atoms. The fraction of sp³-hybridized carbons (Fsp3) is 0.238. The quantitative estimate of drug-likeness (QED) is 0.439. The Morgan fingerprint density at radius 1 is 1.13 bits per heavy atom. The lowest BCUT2D eigenvalue weighted by Crippen LogP contribution is -2.26. The summed E-state index contributed by atoms with van der Waals surface area (Å²) in [5.74, 6) is -3.31. The topological polar surface area (TPSA) is 149 Å². The van der Waals surface area contributed by atoms with Crippen molar-refractivity contribution in [1.29, 1.82) is 0 Å². The first-order valence-electron chi connectivity index (χ1n) is 9.08. The minimum absolute atomic E-state index is 0.0107. The third-order valence-electron chi connectivity index (χ3n) is 4.84. The molecule has 1 heterocycles. The second-order valence-electron chi connectivity index (χ2n) is 6.70. The van der Waals surface area contributed by atoms with Crippen LogP contribution in [0.4, 0.5) is 4.39 Å². The standard InChI is InChI=1S/C21H21FN2O6/c1-10-17(21(24)28)19-15(29-10)7-6-14(18(19)12(8-25)20(23)27)30-16(9-26)11-4-2-3-5-13(11)22/h2-7,12,16,25-26H,8-9H2,1H3,(H2,23,27)(H2,24,28)/t12-,16?/m1/s1. The molecule has 3 rings (SSSR count). The molecule has 0 fully saturated rings. The molecule has 9 heteroatoms. The minimum atomic E-state index is -1.27. The van der Waals surface area contributed by atoms with E-state index in [4.69, 9.17) is 20.6 Å². The maximum atomic E-state index is 14.2. The zero-order valence-corrected chi connectivity index (χ0v) is 16.1. The summed E-state index contributed by atoms with van der Waals surface area (Å²) in [6.07, 6.45) is -1.13. The fourth-order valence-electron chi connectivity index (χ4n) is 3.47. The van der Waals surface area contributed by atoms with Gasteiger partial charge in [0.15, 0.2) is 0 Å². The van der Waals surface area contributed by atoms with Crippen molar-refractivity contribution in [2.24, 2.45) is 11.5 Å². The lowest BCUT2D eigenvalue weighted by molar-refractivity contribution is -0.120. The van der Waals surface area contributed by atoms with E-state index in [-0.39, 0.29) is 39.2 Å². The van der Waals surface area contributed by atoms with E-state index in [0.717, 1.165) is 0 Å². The number of aliphatic hydroxyl groups excluding tert-OH is 2. The van der Waals surface area contributed by atoms with Gasteiger partial charge in [-0.3, -0.25) is 9.59 Å². The maximum absolute atomic E-state index is 14.2. The molecule has 0 saturated heterocycles. The van der Waals surface area contributed by atoms with E-state index in [1.807, 2.05) is 0 Å². The van der Waals surface area contributed by atoms with Crippen LogP contribution in [0.25, 0.3) is 11.0 Å². The number of carbonyl (C=O) groups is 2. The number of nitrogens with two attached hydrogens (primary N) is 2. The number of hydrogen-bond acceptors (Lipinski definition) is 6. The summed E-state index contributed by atoms with van der Waals surface area (Å²) in [5.41, 5.74) is 11.4. The molecule has 3 aromatic rings. The van der Waals surface area contributed by atoms with Crippen molar-refractivity contribution >= 4 is 22.8 Å². The lowest BCUT2D eigenvalue weighted by Gasteiger charge is -2.23. The summed E-state index contributed by atoms with van der Waals surface area (Å²) < 4.78 is 25.6. The largest absolute Gasteiger partial charge is 0.483 e. The van der Waals surface area contributed by atoms with Crippen LogP contribution >= 0.6 is 0 Å². The molecule has 2 amide bonds. The van der Waals surface area contributed by atoms with Gasteiger partial charge in [-0.15, -0.1) is 0 Å². The molecular formula is C21H21FN2O6. The Hall–Kier alpha value is -3.43. The number of aliphatic hydroxyl groups is 2. The second kappa shape index (κ2) is 8.52. The SMILES string of the molecule is Cc1oc2ccc(OC(CO)c3ccccc3F)c([C@@H](CO)C(N)=O)c2c1C(N)=O. The zero-order valence-electron chi connectivity index (χ0n) is 16.1. The van der Waals surface area contributed by atoms with Crippen molar-refractivity contribution in [2.45, 2.75) is 18.9 Å². The molecule has 0 radical (unpaired) electrons. The molecule has 0 saturated carbocycles. The Morgan fingerprint density at radius 2 is 1.83 bits per heavy atom. The number of halogens is 1. The van der Waals surface area contributed by atoms with Crippen LogP contribution in [0.5, 0.6) is 5.75 Å². The molecule has 2 atom stereocenters. The predicted octanol–water partition coefficient (Wildman–Crippen LogP) is 1.65. The van der Waals surface area contributed by atoms with Crippen LogP contribution in [-0.2, 0) is 4.79 Å². The van der Waals surface area contributed by atoms with Crippen molar-refractivity contribution in [3.05, 3.63) is 64.7 Å². The fourth-order valence-corrected chi connectivity index (χ4v) is 3.47. The normalized spacial score (nSPS) is 13.2. The van der Waals surface area contributed by atoms with E-state index in [9.17, 15) is 24.2 Å². The monoisotopic (exact) mass is 416 g/mol. The molecule has 1 aromatic heterocycles. The van der Waals surface area contributed by atoms with Gasteiger partial charge in [0.2, 0.25) is 5.91 Å². The van der Waals surface area contributed by atoms with E-state index < -0.39 is 42.9 Å². The molecule has 6 N–H and O–H groups in total. The molecule has 8 nitrogen and oxygen atoms in total. The molecule has 0 bridgehead atoms. The third kappa shape index (κ3) is 3.72. The van der Waals surface area contributed by atoms with Crippen LogP contribution in [0.2, 0.25) is 0 Å². The van der Waals surface area contributed by atoms with Crippen LogP contribution in [0.1, 0.15) is 39.3 Å². The molecule has 2 aromatic carbocycles. The lowest BCUT2D eigenvalue weighted by atomic mass is 9.92. The number of carbonyl (C=O) groups excluding carboxylic acids is 2. The number of furan rings is 1. The number of hydrogen-bond donors (Lipinski definition) is 4. The average Bonchev–Trinajstić information content (AvgIpc) is 3.04. The van der Waals surface area contributed by atoms with Crippen LogP contribution in [0, 0.1) is 12.7 Å². The van der Waals surface area contributed by atoms with Crippen molar-refractivity contribution < 1.29 is 33.3 Å². The first kappa shape index (κ1) is 21.3. The summed E-state index contributed by atoms with van der Waals surface area (Å²) in [6.45, 7) is 0.265. The Bertz CT molecular complexity index is 1110. The van der Waals surface area contributed by atoms with Crippen LogP contribution in [-0.4, -0.2) is 35.2 Å². The predicted molar refractivity (Wildman–Crippen MR) is 105 cm³/mol. The van der Waals surface area contributed by atoms with E-state index >= 15 is 0 Å². The van der Waals surface area contributed by atoms with Crippen LogP contribution in [0.3, 0.4) is 0 Å². The Labute approximate surface area is 170 Å². The molecule has 0 aliphatic heterocycles. The van der Waals surface area contributed by atoms with Gasteiger partial charge in [-0.05, 0) is 25.1 Å². The summed E-state index contributed by atoms with van der Waals surface area (Å²) in [7, 11) is 0. The number of ether oxygens (including phenoxy) is 1. The zero-order chi connectivity index (χ0) is 22.0. The third-order valence-corrected chi connectivity index (χ3v) is 4.84. The summed E-state index contributed by atoms with van der Waals surface area (Å²) in [6, 6.07) is 8.66. The summed E-state index contributed by atoms with van der Waals surface area (Å²) in [4.78, 5) is 24.1. The van der Waals surface area contributed by atoms with Gasteiger partial charge in [0, 0.05) is 16.5 Å². The first-order chi connectivity index (χ1) is 14.3. The van der Waals surface area contributed by atoms with E-state index in [1.54, 1.807) is 6.07 Å². The van der Waals surface area contributed by atoms with E-state index in [2.05, 4.69) is 0 Å². The molecule has 0 aliphatic carbocycles. The van der Waals surface area contributed by atoms with Gasteiger partial charge in [-0.2, -0.15) is 0 Å². The smallest absolute Gasteiger partial charge is 0.252 e. The van der Waals surface area contributed by atoms with E-state index in [0.29, 0.717) is 0 Å². The van der Waals surface area contributed by atoms with Gasteiger partial charge in [0.05, 0.1) is 24.7 Å². The van der Waals surface area contributed by atoms with Gasteiger partial charge in [0.25, 0.3) is 5.91 Å². The van der Waals surface area contributed by atoms with Crippen LogP contribution < -0.4 is 16.2 Å². The van der Waals surface area contributed by atoms with Gasteiger partial charge in [0.1, 0.15) is 29.0 Å². The number of rotatable bonds is 8. The highest BCUT2D eigenvalue weighted by Gasteiger charge is 2.30. The summed E-state index contributed by atoms with van der Waals surface area (Å²) >= 11 is 0. The number of primary amides is 2. The minimum Gasteiger partial charge on any atom is -0.483 e. The molecule has 1 unspecified atom stereocenters. The Kier molecular flexibility index (Phi) is 6.04. The maximum Gasteiger partial charge on any atom is 0.252 e. The Morgan fingerprint density at radius 3 is 2.40 bits per heavy atom. The number of amides is 2. The van der Waals surface area contributed by atoms with Gasteiger partial charge in [-0.25, -0.2) is 4.39 Å². The van der Waals surface area contributed by atoms with Crippen LogP contribution in [0.15, 0.2) is 40.8 Å². The van der Waals surface area contributed by atoms with E-state index in [1.165, 1.54) is 37.3 Å². The molecule has 30 heavy (non-hydrogen) atoms. The van der Waals surface area contributed by atoms with Crippen molar-refractivity contribution in [3.8, 4) is 5.75 Å². The molecular weight excluding hydrogens is 395 g/mol. The Balaban J connectivity index is 2.26. The van der Waals surface area contributed by atoms with Crippen molar-refractivity contribution in [1.82, 2.24) is 0 Å². The van der Waals surface area contributed by atoms with Gasteiger partial charge < -0.3 is 30.8 Å². The summed E-state index contributed by atoms with van der Waals surface area (Å²) in [5, 5.41) is 19.8. The highest BCUT2D eigenvalue weighted by Crippen LogP contribution is 2.40. The molecule has 158 valence electrons. The average molecular weight is 416 g/mol. The van der Waals surface area contributed by atoms with Gasteiger partial charge >= 0.3 is 0 Å². The highest BCUT2D eigenvalue weighted by atomic mass is 19.1. The molecule has 0 aliphatic rings. The highest BCUT2D eigenvalue weighted by molar-refractivity contribution is 6.09. The number of fused-ring (bicyclic) bond motifs is 1. The first-order valence-corrected chi connectivity index (χ1v) is 9.08. The van der Waals surface area contributed by atoms with Gasteiger partial charge in [-0.1, -0.05) is 18.2 Å². The number of benzene rings is 2. The van der Waals surface area contributed by atoms with Crippen molar-refractivity contribution in [3.63, 3.8) is 0 Å². The number of aryl methyl sites for hydroxylation is 1.